The summed E-state index contributed by atoms with van der Waals surface area (Å²) in [6.07, 6.45) is 6.87. The Balaban J connectivity index is 1.45. The zero-order valence-corrected chi connectivity index (χ0v) is 18.6. The predicted molar refractivity (Wildman–Crippen MR) is 119 cm³/mol. The number of rotatable bonds is 3. The lowest BCUT2D eigenvalue weighted by atomic mass is 9.44. The van der Waals surface area contributed by atoms with Gasteiger partial charge in [0.1, 0.15) is 0 Å². The minimum atomic E-state index is -0.796. The summed E-state index contributed by atoms with van der Waals surface area (Å²) in [5, 5.41) is 23.9. The molecule has 31 heavy (non-hydrogen) atoms. The number of carboxylic acids is 1. The normalized spacial score (nSPS) is 44.0. The number of carbonyl (C=O) groups is 2. The first kappa shape index (κ1) is 21.0. The van der Waals surface area contributed by atoms with Crippen LogP contribution in [-0.4, -0.2) is 34.1 Å². The zero-order chi connectivity index (χ0) is 22.0. The summed E-state index contributed by atoms with van der Waals surface area (Å²) in [5.74, 6) is 0.697. The van der Waals surface area contributed by atoms with E-state index in [2.05, 4.69) is 12.2 Å². The Bertz CT molecular complexity index is 899. The van der Waals surface area contributed by atoms with Crippen molar-refractivity contribution in [1.29, 1.82) is 0 Å². The van der Waals surface area contributed by atoms with Gasteiger partial charge < -0.3 is 15.5 Å². The Morgan fingerprint density at radius 1 is 1.13 bits per heavy atom. The van der Waals surface area contributed by atoms with E-state index in [-0.39, 0.29) is 29.3 Å². The van der Waals surface area contributed by atoms with Gasteiger partial charge in [-0.3, -0.25) is 9.59 Å². The number of hydrogen-bond donors (Lipinski definition) is 3. The van der Waals surface area contributed by atoms with Crippen molar-refractivity contribution >= 4 is 17.4 Å². The minimum absolute atomic E-state index is 0.0239. The lowest BCUT2D eigenvalue weighted by Gasteiger charge is -2.60. The third kappa shape index (κ3) is 3.14. The van der Waals surface area contributed by atoms with Crippen molar-refractivity contribution in [2.45, 2.75) is 77.4 Å². The smallest absolute Gasteiger partial charge is 0.309 e. The standard InChI is InChI=1S/C26H35NO4/c1-25-11-9-16(28)13-15(25)7-8-17-19(25)10-12-26(2,24(30)31)20(17)14-22-23(29)18-5-3-4-6-21(18)27-22/h3-6,15-17,19-20,22,27-28H,7-14H2,1-2H3,(H,30,31)/t15-,16+,17+,19-,20+,22+,25+,26+/m0/s1. The number of para-hydroxylation sites is 1. The Morgan fingerprint density at radius 3 is 2.65 bits per heavy atom. The van der Waals surface area contributed by atoms with E-state index in [0.717, 1.165) is 49.8 Å². The van der Waals surface area contributed by atoms with Gasteiger partial charge in [-0.05, 0) is 99.5 Å². The number of carbonyl (C=O) groups excluding carboxylic acids is 1. The van der Waals surface area contributed by atoms with E-state index in [0.29, 0.717) is 30.6 Å². The maximum Gasteiger partial charge on any atom is 0.309 e. The van der Waals surface area contributed by atoms with Crippen molar-refractivity contribution in [3.8, 4) is 0 Å². The van der Waals surface area contributed by atoms with E-state index >= 15 is 0 Å². The van der Waals surface area contributed by atoms with Crippen LogP contribution in [0.25, 0.3) is 0 Å². The number of anilines is 1. The number of benzene rings is 1. The van der Waals surface area contributed by atoms with Gasteiger partial charge in [-0.2, -0.15) is 0 Å². The number of nitrogens with one attached hydrogen (secondary N) is 1. The maximum atomic E-state index is 13.1. The Morgan fingerprint density at radius 2 is 1.90 bits per heavy atom. The van der Waals surface area contributed by atoms with Crippen LogP contribution in [0.5, 0.6) is 0 Å². The minimum Gasteiger partial charge on any atom is -0.481 e. The summed E-state index contributed by atoms with van der Waals surface area (Å²) >= 11 is 0. The van der Waals surface area contributed by atoms with Crippen molar-refractivity contribution in [2.75, 3.05) is 5.32 Å². The molecule has 1 aromatic carbocycles. The first-order valence-electron chi connectivity index (χ1n) is 12.1. The first-order valence-corrected chi connectivity index (χ1v) is 12.1. The molecule has 4 aliphatic rings. The number of aliphatic hydroxyl groups is 1. The Labute approximate surface area is 184 Å². The summed E-state index contributed by atoms with van der Waals surface area (Å²) in [7, 11) is 0. The van der Waals surface area contributed by atoms with E-state index in [1.165, 1.54) is 0 Å². The zero-order valence-electron chi connectivity index (χ0n) is 18.6. The number of carboxylic acid groups (broad SMARTS) is 1. The summed E-state index contributed by atoms with van der Waals surface area (Å²) in [6.45, 7) is 4.32. The van der Waals surface area contributed by atoms with Crippen LogP contribution in [0.4, 0.5) is 5.69 Å². The molecule has 168 valence electrons. The molecule has 1 heterocycles. The van der Waals surface area contributed by atoms with Crippen molar-refractivity contribution < 1.29 is 19.8 Å². The fourth-order valence-corrected chi connectivity index (χ4v) is 7.94. The number of fused-ring (bicyclic) bond motifs is 4. The van der Waals surface area contributed by atoms with Gasteiger partial charge in [-0.15, -0.1) is 0 Å². The molecule has 5 rings (SSSR count). The molecule has 5 heteroatoms. The van der Waals surface area contributed by atoms with E-state index in [4.69, 9.17) is 0 Å². The Kier molecular flexibility index (Phi) is 4.96. The first-order chi connectivity index (χ1) is 14.7. The van der Waals surface area contributed by atoms with Crippen LogP contribution in [0.2, 0.25) is 0 Å². The molecule has 0 spiro atoms. The monoisotopic (exact) mass is 425 g/mol. The van der Waals surface area contributed by atoms with Crippen molar-refractivity contribution in [3.63, 3.8) is 0 Å². The lowest BCUT2D eigenvalue weighted by Crippen LogP contribution is -2.56. The highest BCUT2D eigenvalue weighted by Crippen LogP contribution is 2.63. The van der Waals surface area contributed by atoms with Crippen LogP contribution >= 0.6 is 0 Å². The summed E-state index contributed by atoms with van der Waals surface area (Å²) in [4.78, 5) is 25.6. The number of Topliss-reactive ketones (excluding diaryl/α,β-unsaturated/α-hetero) is 1. The van der Waals surface area contributed by atoms with E-state index in [9.17, 15) is 19.8 Å². The number of hydrogen-bond acceptors (Lipinski definition) is 4. The average molecular weight is 426 g/mol. The third-order valence-electron chi connectivity index (χ3n) is 9.84. The highest BCUT2D eigenvalue weighted by Gasteiger charge is 2.59. The summed E-state index contributed by atoms with van der Waals surface area (Å²) < 4.78 is 0. The highest BCUT2D eigenvalue weighted by atomic mass is 16.4. The molecular weight excluding hydrogens is 390 g/mol. The fourth-order valence-electron chi connectivity index (χ4n) is 7.94. The number of aliphatic hydroxyl groups excluding tert-OH is 1. The van der Waals surface area contributed by atoms with Crippen LogP contribution < -0.4 is 5.32 Å². The van der Waals surface area contributed by atoms with Crippen LogP contribution in [0.15, 0.2) is 24.3 Å². The molecule has 3 saturated carbocycles. The second kappa shape index (κ2) is 7.33. The lowest BCUT2D eigenvalue weighted by molar-refractivity contribution is -0.170. The maximum absolute atomic E-state index is 13.1. The van der Waals surface area contributed by atoms with E-state index in [1.807, 2.05) is 31.2 Å². The largest absolute Gasteiger partial charge is 0.481 e. The summed E-state index contributed by atoms with van der Waals surface area (Å²) in [5.41, 5.74) is 0.985. The molecule has 0 bridgehead atoms. The molecule has 1 aliphatic heterocycles. The average Bonchev–Trinajstić information content (AvgIpc) is 3.06. The SMILES string of the molecule is C[C@@]12CC[C@@H](O)C[C@@H]1CC[C@H]1[C@@H](C[C@H]3Nc4ccccc4C3=O)[C@](C)(C(=O)O)CC[C@@H]12. The molecule has 1 aromatic rings. The molecule has 5 nitrogen and oxygen atoms in total. The molecule has 8 atom stereocenters. The number of aliphatic carboxylic acids is 1. The second-order valence-corrected chi connectivity index (χ2v) is 11.2. The van der Waals surface area contributed by atoms with Crippen LogP contribution in [-0.2, 0) is 4.79 Å². The topological polar surface area (TPSA) is 86.6 Å². The fraction of sp³-hybridized carbons (Fsp3) is 0.692. The highest BCUT2D eigenvalue weighted by molar-refractivity contribution is 6.10. The van der Waals surface area contributed by atoms with Crippen molar-refractivity contribution in [2.24, 2.45) is 34.5 Å². The van der Waals surface area contributed by atoms with Gasteiger partial charge in [0.15, 0.2) is 5.78 Å². The van der Waals surface area contributed by atoms with Crippen molar-refractivity contribution in [1.82, 2.24) is 0 Å². The Hall–Kier alpha value is -1.88. The quantitative estimate of drug-likeness (QED) is 0.651. The van der Waals surface area contributed by atoms with Gasteiger partial charge in [-0.25, -0.2) is 0 Å². The molecule has 0 amide bonds. The molecule has 3 aliphatic carbocycles. The van der Waals surface area contributed by atoms with Gasteiger partial charge in [0, 0.05) is 11.3 Å². The third-order valence-corrected chi connectivity index (χ3v) is 9.84. The molecule has 3 N–H and O–H groups in total. The van der Waals surface area contributed by atoms with Gasteiger partial charge >= 0.3 is 5.97 Å². The van der Waals surface area contributed by atoms with Gasteiger partial charge in [-0.1, -0.05) is 19.1 Å². The van der Waals surface area contributed by atoms with Gasteiger partial charge in [0.05, 0.1) is 17.6 Å². The molecule has 3 fully saturated rings. The molecule has 0 saturated heterocycles. The second-order valence-electron chi connectivity index (χ2n) is 11.2. The van der Waals surface area contributed by atoms with Crippen LogP contribution in [0.1, 0.15) is 75.6 Å². The van der Waals surface area contributed by atoms with Gasteiger partial charge in [0.25, 0.3) is 0 Å². The van der Waals surface area contributed by atoms with Crippen LogP contribution in [0.3, 0.4) is 0 Å². The van der Waals surface area contributed by atoms with E-state index < -0.39 is 11.4 Å². The predicted octanol–water partition coefficient (Wildman–Crippen LogP) is 4.75. The van der Waals surface area contributed by atoms with Gasteiger partial charge in [0.2, 0.25) is 0 Å². The molecule has 0 radical (unpaired) electrons. The van der Waals surface area contributed by atoms with E-state index in [1.54, 1.807) is 0 Å². The van der Waals surface area contributed by atoms with Crippen molar-refractivity contribution in [3.05, 3.63) is 29.8 Å². The number of ketones is 1. The van der Waals surface area contributed by atoms with Crippen LogP contribution in [0, 0.1) is 34.5 Å². The summed E-state index contributed by atoms with van der Waals surface area (Å²) in [6, 6.07) is 7.29. The molecular formula is C26H35NO4. The molecule has 0 unspecified atom stereocenters. The molecule has 0 aromatic heterocycles.